The molecule has 5 nitrogen and oxygen atoms in total. The van der Waals surface area contributed by atoms with Gasteiger partial charge in [0.05, 0.1) is 18.6 Å². The Morgan fingerprint density at radius 2 is 2.05 bits per heavy atom. The Kier molecular flexibility index (Phi) is 3.62. The third kappa shape index (κ3) is 2.62. The molecule has 3 rings (SSSR count). The highest BCUT2D eigenvalue weighted by molar-refractivity contribution is 7.20. The molecule has 6 heteroatoms. The van der Waals surface area contributed by atoms with Crippen LogP contribution < -0.4 is 4.74 Å². The van der Waals surface area contributed by atoms with E-state index in [1.54, 1.807) is 20.2 Å². The van der Waals surface area contributed by atoms with Crippen LogP contribution in [0.5, 0.6) is 5.75 Å². The number of hydrogen-bond acceptors (Lipinski definition) is 5. The summed E-state index contributed by atoms with van der Waals surface area (Å²) in [7, 11) is 1.64. The predicted octanol–water partition coefficient (Wildman–Crippen LogP) is 3.25. The second-order valence-electron chi connectivity index (χ2n) is 4.36. The second-order valence-corrected chi connectivity index (χ2v) is 5.37. The van der Waals surface area contributed by atoms with E-state index >= 15 is 0 Å². The molecule has 0 saturated carbocycles. The van der Waals surface area contributed by atoms with Gasteiger partial charge in [-0.05, 0) is 36.8 Å². The quantitative estimate of drug-likeness (QED) is 0.694. The van der Waals surface area contributed by atoms with E-state index in [-0.39, 0.29) is 5.97 Å². The average molecular weight is 302 g/mol. The molecule has 0 aliphatic heterocycles. The molecule has 0 fully saturated rings. The van der Waals surface area contributed by atoms with Crippen LogP contribution in [-0.4, -0.2) is 29.1 Å². The Morgan fingerprint density at radius 3 is 2.67 bits per heavy atom. The Hall–Kier alpha value is -2.34. The predicted molar refractivity (Wildman–Crippen MR) is 81.0 cm³/mol. The molecule has 0 N–H and O–H groups in total. The average Bonchev–Trinajstić information content (AvgIpc) is 3.06. The van der Waals surface area contributed by atoms with E-state index in [0.717, 1.165) is 21.2 Å². The van der Waals surface area contributed by atoms with Gasteiger partial charge in [0, 0.05) is 12.4 Å². The molecule has 0 aliphatic rings. The van der Waals surface area contributed by atoms with Gasteiger partial charge in [-0.15, -0.1) is 0 Å². The third-order valence-electron chi connectivity index (χ3n) is 3.02. The molecular weight excluding hydrogens is 288 g/mol. The fourth-order valence-electron chi connectivity index (χ4n) is 1.99. The molecular formula is C15H14N2O3S. The van der Waals surface area contributed by atoms with Crippen molar-refractivity contribution in [3.8, 4) is 16.2 Å². The minimum absolute atomic E-state index is 0.337. The Balaban J connectivity index is 1.91. The summed E-state index contributed by atoms with van der Waals surface area (Å²) in [5.74, 6) is 0.434. The highest BCUT2D eigenvalue weighted by Gasteiger charge is 2.14. The van der Waals surface area contributed by atoms with Crippen LogP contribution in [0.15, 0.2) is 36.7 Å². The van der Waals surface area contributed by atoms with E-state index in [1.807, 2.05) is 34.9 Å². The zero-order valence-electron chi connectivity index (χ0n) is 11.7. The number of thiazole rings is 1. The van der Waals surface area contributed by atoms with E-state index in [0.29, 0.717) is 12.3 Å². The number of rotatable bonds is 4. The molecule has 0 aliphatic carbocycles. The molecule has 2 heterocycles. The van der Waals surface area contributed by atoms with Crippen LogP contribution >= 0.6 is 11.3 Å². The number of aromatic nitrogens is 2. The van der Waals surface area contributed by atoms with Gasteiger partial charge >= 0.3 is 5.97 Å². The smallest absolute Gasteiger partial charge is 0.358 e. The zero-order valence-corrected chi connectivity index (χ0v) is 12.5. The molecule has 0 amide bonds. The third-order valence-corrected chi connectivity index (χ3v) is 4.06. The van der Waals surface area contributed by atoms with Crippen LogP contribution in [-0.2, 0) is 4.74 Å². The van der Waals surface area contributed by atoms with Crippen molar-refractivity contribution < 1.29 is 14.3 Å². The molecule has 2 aromatic heterocycles. The molecule has 0 atom stereocenters. The van der Waals surface area contributed by atoms with Crippen molar-refractivity contribution in [2.24, 2.45) is 0 Å². The van der Waals surface area contributed by atoms with Gasteiger partial charge in [-0.1, -0.05) is 11.3 Å². The summed E-state index contributed by atoms with van der Waals surface area (Å²) in [6, 6.07) is 7.83. The summed E-state index contributed by atoms with van der Waals surface area (Å²) in [4.78, 5) is 17.8. The number of esters is 1. The van der Waals surface area contributed by atoms with E-state index < -0.39 is 0 Å². The number of ether oxygens (including phenoxy) is 2. The van der Waals surface area contributed by atoms with Crippen molar-refractivity contribution in [2.75, 3.05) is 13.7 Å². The lowest BCUT2D eigenvalue weighted by molar-refractivity contribution is 0.0520. The first-order valence-electron chi connectivity index (χ1n) is 6.51. The number of hydrogen-bond donors (Lipinski definition) is 0. The molecule has 0 saturated heterocycles. The lowest BCUT2D eigenvalue weighted by Gasteiger charge is -2.00. The lowest BCUT2D eigenvalue weighted by atomic mass is 10.2. The van der Waals surface area contributed by atoms with Gasteiger partial charge in [-0.25, -0.2) is 9.78 Å². The van der Waals surface area contributed by atoms with E-state index in [2.05, 4.69) is 4.98 Å². The number of benzene rings is 1. The van der Waals surface area contributed by atoms with Crippen LogP contribution in [0.2, 0.25) is 0 Å². The number of fused-ring (bicyclic) bond motifs is 1. The maximum atomic E-state index is 11.6. The van der Waals surface area contributed by atoms with Crippen LogP contribution in [0.1, 0.15) is 17.4 Å². The first kappa shape index (κ1) is 13.6. The fourth-order valence-corrected chi connectivity index (χ4v) is 2.96. The summed E-state index contributed by atoms with van der Waals surface area (Å²) in [5, 5.41) is 0. The summed E-state index contributed by atoms with van der Waals surface area (Å²) < 4.78 is 11.9. The van der Waals surface area contributed by atoms with Gasteiger partial charge in [-0.3, -0.25) is 4.40 Å². The van der Waals surface area contributed by atoms with Gasteiger partial charge in [0.2, 0.25) is 0 Å². The Labute approximate surface area is 125 Å². The standard InChI is InChI=1S/C15H14N2O3S/c1-3-20-14(18)12-8-17-9-13(21-15(17)16-12)10-4-6-11(19-2)7-5-10/h4-9H,3H2,1-2H3. The monoisotopic (exact) mass is 302 g/mol. The summed E-state index contributed by atoms with van der Waals surface area (Å²) in [6.45, 7) is 2.12. The van der Waals surface area contributed by atoms with Crippen molar-refractivity contribution in [3.63, 3.8) is 0 Å². The van der Waals surface area contributed by atoms with Crippen LogP contribution in [0.4, 0.5) is 0 Å². The maximum Gasteiger partial charge on any atom is 0.358 e. The van der Waals surface area contributed by atoms with E-state index in [9.17, 15) is 4.79 Å². The van der Waals surface area contributed by atoms with Crippen molar-refractivity contribution in [1.82, 2.24) is 9.38 Å². The molecule has 0 bridgehead atoms. The van der Waals surface area contributed by atoms with Gasteiger partial charge in [0.1, 0.15) is 5.75 Å². The van der Waals surface area contributed by atoms with Crippen molar-refractivity contribution in [1.29, 1.82) is 0 Å². The molecule has 0 spiro atoms. The van der Waals surface area contributed by atoms with Crippen LogP contribution in [0, 0.1) is 0 Å². The largest absolute Gasteiger partial charge is 0.497 e. The van der Waals surface area contributed by atoms with Crippen molar-refractivity contribution >= 4 is 22.3 Å². The highest BCUT2D eigenvalue weighted by atomic mass is 32.1. The van der Waals surface area contributed by atoms with Crippen LogP contribution in [0.25, 0.3) is 15.4 Å². The number of carbonyl (C=O) groups is 1. The topological polar surface area (TPSA) is 52.8 Å². The molecule has 0 radical (unpaired) electrons. The lowest BCUT2D eigenvalue weighted by Crippen LogP contribution is -2.04. The minimum Gasteiger partial charge on any atom is -0.497 e. The Morgan fingerprint density at radius 1 is 1.29 bits per heavy atom. The zero-order chi connectivity index (χ0) is 14.8. The molecule has 1 aromatic carbocycles. The van der Waals surface area contributed by atoms with E-state index in [1.165, 1.54) is 11.3 Å². The first-order chi connectivity index (χ1) is 10.2. The van der Waals surface area contributed by atoms with Gasteiger partial charge in [-0.2, -0.15) is 0 Å². The minimum atomic E-state index is -0.389. The second kappa shape index (κ2) is 5.57. The normalized spacial score (nSPS) is 10.8. The number of nitrogens with zero attached hydrogens (tertiary/aromatic N) is 2. The molecule has 108 valence electrons. The van der Waals surface area contributed by atoms with Crippen molar-refractivity contribution in [2.45, 2.75) is 6.92 Å². The Bertz CT molecular complexity index is 742. The van der Waals surface area contributed by atoms with Gasteiger partial charge in [0.25, 0.3) is 0 Å². The SMILES string of the molecule is CCOC(=O)c1cn2cc(-c3ccc(OC)cc3)sc2n1. The number of methoxy groups -OCH3 is 1. The van der Waals surface area contributed by atoms with Crippen molar-refractivity contribution in [3.05, 3.63) is 42.4 Å². The summed E-state index contributed by atoms with van der Waals surface area (Å²) in [5.41, 5.74) is 1.42. The highest BCUT2D eigenvalue weighted by Crippen LogP contribution is 2.29. The molecule has 0 unspecified atom stereocenters. The maximum absolute atomic E-state index is 11.6. The first-order valence-corrected chi connectivity index (χ1v) is 7.33. The van der Waals surface area contributed by atoms with Gasteiger partial charge in [0.15, 0.2) is 10.7 Å². The summed E-state index contributed by atoms with van der Waals surface area (Å²) in [6.07, 6.45) is 3.65. The summed E-state index contributed by atoms with van der Waals surface area (Å²) >= 11 is 1.52. The van der Waals surface area contributed by atoms with E-state index in [4.69, 9.17) is 9.47 Å². The number of carbonyl (C=O) groups excluding carboxylic acids is 1. The fraction of sp³-hybridized carbons (Fsp3) is 0.200. The molecule has 3 aromatic rings. The van der Waals surface area contributed by atoms with Gasteiger partial charge < -0.3 is 9.47 Å². The molecule has 21 heavy (non-hydrogen) atoms. The number of imidazole rings is 1. The van der Waals surface area contributed by atoms with Crippen LogP contribution in [0.3, 0.4) is 0 Å².